The molecule has 1 fully saturated rings. The van der Waals surface area contributed by atoms with Crippen molar-refractivity contribution >= 4 is 52.0 Å². The maximum absolute atomic E-state index is 14.0. The number of hydrogen-bond donors (Lipinski definition) is 3. The van der Waals surface area contributed by atoms with Crippen molar-refractivity contribution in [1.29, 1.82) is 0 Å². The SMILES string of the molecule is CCOc1ccc(N(C(=O)c2snc(C(N)=O)c2N)[C@H](C(=O)NC2CCCCC2)c2cccs2)cc1. The van der Waals surface area contributed by atoms with E-state index in [0.29, 0.717) is 22.9 Å². The standard InChI is InChI=1S/C25H29N5O4S2/c1-2-34-17-12-10-16(11-13-17)30(25(33)22-19(26)20(23(27)31)29-36-22)21(18-9-6-14-35-18)24(32)28-15-7-4-3-5-8-15/h6,9-15,21H,2-5,7-8,26H2,1H3,(H2,27,31)(H,28,32)/t21-/m0/s1. The van der Waals surface area contributed by atoms with Crippen LogP contribution in [0, 0.1) is 0 Å². The van der Waals surface area contributed by atoms with Crippen LogP contribution in [0.1, 0.15) is 70.1 Å². The van der Waals surface area contributed by atoms with Crippen LogP contribution in [0.3, 0.4) is 0 Å². The Morgan fingerprint density at radius 3 is 2.47 bits per heavy atom. The normalized spacial score (nSPS) is 14.7. The minimum atomic E-state index is -0.948. The van der Waals surface area contributed by atoms with Crippen LogP contribution in [0.5, 0.6) is 5.75 Å². The Hall–Kier alpha value is -3.44. The van der Waals surface area contributed by atoms with Crippen LogP contribution in [-0.4, -0.2) is 34.7 Å². The third-order valence-corrected chi connectivity index (χ3v) is 7.85. The fourth-order valence-electron chi connectivity index (χ4n) is 4.34. The van der Waals surface area contributed by atoms with Crippen LogP contribution in [0.2, 0.25) is 0 Å². The molecule has 0 spiro atoms. The van der Waals surface area contributed by atoms with E-state index in [2.05, 4.69) is 9.69 Å². The molecule has 0 aliphatic heterocycles. The number of amides is 3. The topological polar surface area (TPSA) is 141 Å². The fraction of sp³-hybridized carbons (Fsp3) is 0.360. The fourth-order valence-corrected chi connectivity index (χ4v) is 5.89. The van der Waals surface area contributed by atoms with Gasteiger partial charge in [0.25, 0.3) is 11.8 Å². The Morgan fingerprint density at radius 1 is 1.17 bits per heavy atom. The molecule has 2 heterocycles. The molecule has 1 atom stereocenters. The van der Waals surface area contributed by atoms with Crippen molar-refractivity contribution in [2.45, 2.75) is 51.1 Å². The van der Waals surface area contributed by atoms with E-state index in [0.717, 1.165) is 43.6 Å². The van der Waals surface area contributed by atoms with Gasteiger partial charge in [0.1, 0.15) is 10.6 Å². The second-order valence-corrected chi connectivity index (χ2v) is 10.3. The number of rotatable bonds is 9. The zero-order chi connectivity index (χ0) is 25.7. The molecule has 1 saturated carbocycles. The van der Waals surface area contributed by atoms with E-state index in [1.54, 1.807) is 24.3 Å². The summed E-state index contributed by atoms with van der Waals surface area (Å²) in [5.74, 6) is -0.995. The number of hydrogen-bond acceptors (Lipinski definition) is 8. The molecule has 9 nitrogen and oxygen atoms in total. The first kappa shape index (κ1) is 25.6. The van der Waals surface area contributed by atoms with Crippen LogP contribution in [-0.2, 0) is 4.79 Å². The number of benzene rings is 1. The van der Waals surface area contributed by atoms with Crippen molar-refractivity contribution in [3.8, 4) is 5.75 Å². The summed E-state index contributed by atoms with van der Waals surface area (Å²) in [6, 6.07) is 9.72. The molecule has 1 aliphatic carbocycles. The minimum Gasteiger partial charge on any atom is -0.494 e. The van der Waals surface area contributed by atoms with E-state index in [-0.39, 0.29) is 28.2 Å². The van der Waals surface area contributed by atoms with Gasteiger partial charge in [0, 0.05) is 16.6 Å². The van der Waals surface area contributed by atoms with Gasteiger partial charge in [-0.25, -0.2) is 0 Å². The van der Waals surface area contributed by atoms with E-state index in [1.807, 2.05) is 24.4 Å². The monoisotopic (exact) mass is 527 g/mol. The van der Waals surface area contributed by atoms with Crippen LogP contribution in [0.4, 0.5) is 11.4 Å². The summed E-state index contributed by atoms with van der Waals surface area (Å²) in [5, 5.41) is 5.03. The summed E-state index contributed by atoms with van der Waals surface area (Å²) in [7, 11) is 0. The molecule has 0 bridgehead atoms. The third-order valence-electron chi connectivity index (χ3n) is 6.07. The Morgan fingerprint density at radius 2 is 1.89 bits per heavy atom. The number of anilines is 2. The van der Waals surface area contributed by atoms with E-state index >= 15 is 0 Å². The second kappa shape index (κ2) is 11.5. The molecule has 11 heteroatoms. The number of nitrogens with zero attached hydrogens (tertiary/aromatic N) is 2. The minimum absolute atomic E-state index is 0.0460. The summed E-state index contributed by atoms with van der Waals surface area (Å²) < 4.78 is 9.54. The average Bonchev–Trinajstić information content (AvgIpc) is 3.53. The number of ether oxygens (including phenoxy) is 1. The molecule has 1 aromatic carbocycles. The average molecular weight is 528 g/mol. The lowest BCUT2D eigenvalue weighted by Gasteiger charge is -2.32. The maximum Gasteiger partial charge on any atom is 0.273 e. The van der Waals surface area contributed by atoms with Gasteiger partial charge in [-0.05, 0) is 67.0 Å². The van der Waals surface area contributed by atoms with Gasteiger partial charge >= 0.3 is 0 Å². The molecule has 2 aromatic heterocycles. The molecule has 190 valence electrons. The van der Waals surface area contributed by atoms with Crippen molar-refractivity contribution in [1.82, 2.24) is 9.69 Å². The lowest BCUT2D eigenvalue weighted by molar-refractivity contribution is -0.123. The maximum atomic E-state index is 14.0. The first-order valence-corrected chi connectivity index (χ1v) is 13.5. The molecule has 36 heavy (non-hydrogen) atoms. The summed E-state index contributed by atoms with van der Waals surface area (Å²) in [4.78, 5) is 41.7. The van der Waals surface area contributed by atoms with E-state index in [1.165, 1.54) is 16.2 Å². The van der Waals surface area contributed by atoms with Gasteiger partial charge in [-0.2, -0.15) is 4.37 Å². The predicted molar refractivity (Wildman–Crippen MR) is 142 cm³/mol. The zero-order valence-electron chi connectivity index (χ0n) is 19.9. The zero-order valence-corrected chi connectivity index (χ0v) is 21.6. The number of carbonyl (C=O) groups excluding carboxylic acids is 3. The number of thiophene rings is 1. The Balaban J connectivity index is 1.78. The Bertz CT molecular complexity index is 1200. The van der Waals surface area contributed by atoms with Crippen molar-refractivity contribution in [2.24, 2.45) is 5.73 Å². The highest BCUT2D eigenvalue weighted by atomic mass is 32.1. The van der Waals surface area contributed by atoms with Gasteiger partial charge in [0.05, 0.1) is 12.3 Å². The van der Waals surface area contributed by atoms with Crippen LogP contribution in [0.25, 0.3) is 0 Å². The van der Waals surface area contributed by atoms with Crippen molar-refractivity contribution in [2.75, 3.05) is 17.2 Å². The lowest BCUT2D eigenvalue weighted by atomic mass is 9.95. The molecular weight excluding hydrogens is 498 g/mol. The van der Waals surface area contributed by atoms with Crippen molar-refractivity contribution < 1.29 is 19.1 Å². The number of nitrogens with two attached hydrogens (primary N) is 2. The van der Waals surface area contributed by atoms with Gasteiger partial charge in [0.2, 0.25) is 5.91 Å². The Labute approximate surface area is 217 Å². The molecule has 0 unspecified atom stereocenters. The number of nitrogen functional groups attached to an aromatic ring is 1. The van der Waals surface area contributed by atoms with Crippen LogP contribution >= 0.6 is 22.9 Å². The first-order valence-electron chi connectivity index (χ1n) is 11.9. The van der Waals surface area contributed by atoms with Gasteiger partial charge in [-0.3, -0.25) is 19.3 Å². The highest BCUT2D eigenvalue weighted by Crippen LogP contribution is 2.35. The predicted octanol–water partition coefficient (Wildman–Crippen LogP) is 4.12. The largest absolute Gasteiger partial charge is 0.494 e. The molecule has 1 aliphatic rings. The smallest absolute Gasteiger partial charge is 0.273 e. The highest BCUT2D eigenvalue weighted by molar-refractivity contribution is 7.10. The van der Waals surface area contributed by atoms with E-state index in [4.69, 9.17) is 16.2 Å². The molecule has 3 amide bonds. The van der Waals surface area contributed by atoms with Crippen molar-refractivity contribution in [3.05, 3.63) is 57.2 Å². The summed E-state index contributed by atoms with van der Waals surface area (Å²) in [6.45, 7) is 2.38. The molecule has 0 saturated heterocycles. The molecular formula is C25H29N5O4S2. The molecule has 4 rings (SSSR count). The third kappa shape index (κ3) is 5.52. The highest BCUT2D eigenvalue weighted by Gasteiger charge is 2.37. The Kier molecular flexibility index (Phi) is 8.21. The van der Waals surface area contributed by atoms with E-state index in [9.17, 15) is 14.4 Å². The summed E-state index contributed by atoms with van der Waals surface area (Å²) in [5.41, 5.74) is 11.7. The van der Waals surface area contributed by atoms with Gasteiger partial charge in [-0.15, -0.1) is 11.3 Å². The molecule has 5 N–H and O–H groups in total. The quantitative estimate of drug-likeness (QED) is 0.382. The number of nitrogens with one attached hydrogen (secondary N) is 1. The van der Waals surface area contributed by atoms with Crippen LogP contribution < -0.4 is 26.4 Å². The van der Waals surface area contributed by atoms with E-state index < -0.39 is 17.9 Å². The van der Waals surface area contributed by atoms with Crippen LogP contribution in [0.15, 0.2) is 41.8 Å². The summed E-state index contributed by atoms with van der Waals surface area (Å²) >= 11 is 2.17. The van der Waals surface area contributed by atoms with Gasteiger partial charge in [0.15, 0.2) is 11.7 Å². The number of carbonyl (C=O) groups is 3. The van der Waals surface area contributed by atoms with Crippen molar-refractivity contribution in [3.63, 3.8) is 0 Å². The second-order valence-electron chi connectivity index (χ2n) is 8.50. The number of primary amides is 1. The number of aromatic nitrogens is 1. The van der Waals surface area contributed by atoms with Gasteiger partial charge in [-0.1, -0.05) is 25.3 Å². The summed E-state index contributed by atoms with van der Waals surface area (Å²) in [6.07, 6.45) is 5.09. The molecule has 0 radical (unpaired) electrons. The van der Waals surface area contributed by atoms with Gasteiger partial charge < -0.3 is 21.5 Å². The lowest BCUT2D eigenvalue weighted by Crippen LogP contribution is -2.47. The first-order chi connectivity index (χ1) is 17.4. The molecule has 3 aromatic rings.